The summed E-state index contributed by atoms with van der Waals surface area (Å²) in [6, 6.07) is 14.3. The van der Waals surface area contributed by atoms with Gasteiger partial charge >= 0.3 is 0 Å². The Kier molecular flexibility index (Phi) is 7.83. The summed E-state index contributed by atoms with van der Waals surface area (Å²) in [5, 5.41) is 17.8. The second kappa shape index (κ2) is 11.3. The van der Waals surface area contributed by atoms with E-state index in [1.807, 2.05) is 31.4 Å². The molecule has 8 heteroatoms. The quantitative estimate of drug-likeness (QED) is 0.312. The van der Waals surface area contributed by atoms with Crippen LogP contribution in [0.15, 0.2) is 48.5 Å². The summed E-state index contributed by atoms with van der Waals surface area (Å²) < 4.78 is 5.91. The van der Waals surface area contributed by atoms with Crippen LogP contribution in [0.1, 0.15) is 97.8 Å². The van der Waals surface area contributed by atoms with Gasteiger partial charge in [0.2, 0.25) is 0 Å². The zero-order valence-corrected chi connectivity index (χ0v) is 27.1. The van der Waals surface area contributed by atoms with E-state index in [1.165, 1.54) is 12.8 Å². The Morgan fingerprint density at radius 1 is 0.750 bits per heavy atom. The molecule has 8 aliphatic rings. The van der Waals surface area contributed by atoms with Gasteiger partial charge in [0.25, 0.3) is 11.8 Å². The molecular weight excluding hydrogens is 595 g/mol. The number of rotatable bonds is 6. The van der Waals surface area contributed by atoms with Crippen LogP contribution in [0.2, 0.25) is 10.0 Å². The molecule has 4 atom stereocenters. The molecule has 10 rings (SSSR count). The molecule has 0 saturated heterocycles. The zero-order chi connectivity index (χ0) is 30.7. The zero-order valence-electron chi connectivity index (χ0n) is 25.5. The van der Waals surface area contributed by atoms with Crippen molar-refractivity contribution in [2.75, 3.05) is 13.7 Å². The van der Waals surface area contributed by atoms with Crippen molar-refractivity contribution in [3.63, 3.8) is 0 Å². The first-order chi connectivity index (χ1) is 21.0. The van der Waals surface area contributed by atoms with Crippen molar-refractivity contribution < 1.29 is 19.4 Å². The van der Waals surface area contributed by atoms with Crippen LogP contribution < -0.4 is 10.6 Å². The van der Waals surface area contributed by atoms with Crippen LogP contribution in [0.3, 0.4) is 0 Å². The van der Waals surface area contributed by atoms with E-state index in [0.29, 0.717) is 44.8 Å². The maximum atomic E-state index is 12.7. The molecule has 2 aromatic carbocycles. The Hall–Kier alpha value is -2.12. The van der Waals surface area contributed by atoms with Crippen molar-refractivity contribution in [1.29, 1.82) is 0 Å². The predicted molar refractivity (Wildman–Crippen MR) is 172 cm³/mol. The number of hydrogen-bond donors (Lipinski definition) is 3. The molecule has 44 heavy (non-hydrogen) atoms. The van der Waals surface area contributed by atoms with E-state index < -0.39 is 0 Å². The van der Waals surface area contributed by atoms with E-state index in [2.05, 4.69) is 10.6 Å². The molecule has 0 radical (unpaired) electrons. The van der Waals surface area contributed by atoms with Crippen LogP contribution in [0.5, 0.6) is 0 Å². The molecule has 0 heterocycles. The van der Waals surface area contributed by atoms with E-state index in [9.17, 15) is 14.7 Å². The minimum atomic E-state index is -0.119. The predicted octanol–water partition coefficient (Wildman–Crippen LogP) is 7.21. The SMILES string of the molecule is COC12CC3CC(CC(NC(=O)c4cccc(Cl)c4)(C3)C1)C2.O=C(NC12CC3CC(CC(CO)(C3)C1)C2)c1cccc(Cl)c1. The van der Waals surface area contributed by atoms with Crippen LogP contribution in [-0.2, 0) is 4.74 Å². The number of aliphatic hydroxyl groups excluding tert-OH is 1. The van der Waals surface area contributed by atoms with Gasteiger partial charge in [0, 0.05) is 46.0 Å². The van der Waals surface area contributed by atoms with Crippen molar-refractivity contribution >= 4 is 35.0 Å². The van der Waals surface area contributed by atoms with Gasteiger partial charge in [-0.3, -0.25) is 9.59 Å². The van der Waals surface area contributed by atoms with E-state index in [0.717, 1.165) is 64.2 Å². The fourth-order valence-corrected chi connectivity index (χ4v) is 11.6. The standard InChI is InChI=1S/2C18H22ClNO2/c1-22-18-9-12-5-13(10-18)8-17(7-12,11-18)20-16(21)14-3-2-4-15(19)6-14;19-15-3-1-2-14(5-15)16(22)20-18-8-12-4-13(9-18)7-17(6-12,10-18)11-21/h2-4,6,12-13H,5,7-11H2,1H3,(H,20,21);1-3,5,12-13,21H,4,6-11H2,(H,20,22). The van der Waals surface area contributed by atoms with Crippen LogP contribution in [-0.4, -0.2) is 47.3 Å². The highest BCUT2D eigenvalue weighted by molar-refractivity contribution is 6.31. The number of nitrogens with one attached hydrogen (secondary N) is 2. The molecule has 0 spiro atoms. The third-order valence-corrected chi connectivity index (χ3v) is 12.4. The second-order valence-electron chi connectivity index (χ2n) is 15.5. The highest BCUT2D eigenvalue weighted by atomic mass is 35.5. The molecule has 8 aliphatic carbocycles. The number of carbonyl (C=O) groups is 2. The molecule has 4 unspecified atom stereocenters. The minimum absolute atomic E-state index is 0.00398. The van der Waals surface area contributed by atoms with E-state index >= 15 is 0 Å². The number of methoxy groups -OCH3 is 1. The van der Waals surface area contributed by atoms with Crippen LogP contribution in [0.25, 0.3) is 0 Å². The molecule has 0 aromatic heterocycles. The van der Waals surface area contributed by atoms with Crippen molar-refractivity contribution in [2.45, 2.75) is 93.7 Å². The third kappa shape index (κ3) is 5.81. The Balaban J connectivity index is 0.000000142. The molecule has 0 aliphatic heterocycles. The van der Waals surface area contributed by atoms with Gasteiger partial charge in [0.05, 0.1) is 5.60 Å². The lowest BCUT2D eigenvalue weighted by atomic mass is 9.47. The normalized spacial score (nSPS) is 39.0. The fraction of sp³-hybridized carbons (Fsp3) is 0.611. The van der Waals surface area contributed by atoms with Gasteiger partial charge in [0.1, 0.15) is 0 Å². The Morgan fingerprint density at radius 2 is 1.20 bits per heavy atom. The van der Waals surface area contributed by atoms with Crippen LogP contribution in [0, 0.1) is 29.1 Å². The Morgan fingerprint density at radius 3 is 1.64 bits per heavy atom. The molecule has 2 amide bonds. The average Bonchev–Trinajstić information content (AvgIpc) is 2.96. The van der Waals surface area contributed by atoms with Gasteiger partial charge in [-0.15, -0.1) is 0 Å². The van der Waals surface area contributed by atoms with E-state index in [4.69, 9.17) is 27.9 Å². The van der Waals surface area contributed by atoms with Gasteiger partial charge < -0.3 is 20.5 Å². The highest BCUT2D eigenvalue weighted by Gasteiger charge is 2.59. The summed E-state index contributed by atoms with van der Waals surface area (Å²) in [6.07, 6.45) is 13.4. The monoisotopic (exact) mass is 638 g/mol. The minimum Gasteiger partial charge on any atom is -0.396 e. The van der Waals surface area contributed by atoms with Gasteiger partial charge in [-0.1, -0.05) is 35.3 Å². The summed E-state index contributed by atoms with van der Waals surface area (Å²) in [4.78, 5) is 25.3. The van der Waals surface area contributed by atoms with Gasteiger partial charge in [0.15, 0.2) is 0 Å². The van der Waals surface area contributed by atoms with Crippen molar-refractivity contribution in [3.05, 3.63) is 69.7 Å². The highest BCUT2D eigenvalue weighted by Crippen LogP contribution is 2.61. The molecule has 2 aromatic rings. The lowest BCUT2D eigenvalue weighted by molar-refractivity contribution is -0.158. The van der Waals surface area contributed by atoms with Crippen LogP contribution >= 0.6 is 23.2 Å². The summed E-state index contributed by atoms with van der Waals surface area (Å²) in [7, 11) is 1.83. The van der Waals surface area contributed by atoms with Crippen LogP contribution in [0.4, 0.5) is 0 Å². The van der Waals surface area contributed by atoms with Crippen molar-refractivity contribution in [3.8, 4) is 0 Å². The maximum Gasteiger partial charge on any atom is 0.251 e. The number of hydrogen-bond acceptors (Lipinski definition) is 4. The third-order valence-electron chi connectivity index (χ3n) is 11.9. The molecule has 8 fully saturated rings. The molecule has 8 bridgehead atoms. The summed E-state index contributed by atoms with van der Waals surface area (Å²) >= 11 is 12.0. The topological polar surface area (TPSA) is 87.7 Å². The van der Waals surface area contributed by atoms with Gasteiger partial charge in [-0.05, 0) is 143 Å². The number of aliphatic hydroxyl groups is 1. The molecular formula is C36H44Cl2N2O4. The first-order valence-corrected chi connectivity index (χ1v) is 17.1. The molecule has 8 saturated carbocycles. The van der Waals surface area contributed by atoms with Crippen molar-refractivity contribution in [2.24, 2.45) is 29.1 Å². The number of carbonyl (C=O) groups excluding carboxylic acids is 2. The average molecular weight is 640 g/mol. The first kappa shape index (κ1) is 30.5. The number of ether oxygens (including phenoxy) is 1. The Bertz CT molecular complexity index is 1310. The smallest absolute Gasteiger partial charge is 0.251 e. The fourth-order valence-electron chi connectivity index (χ4n) is 11.2. The lowest BCUT2D eigenvalue weighted by Crippen LogP contribution is -2.65. The molecule has 236 valence electrons. The van der Waals surface area contributed by atoms with E-state index in [1.54, 1.807) is 24.3 Å². The Labute approximate surface area is 270 Å². The number of halogens is 2. The van der Waals surface area contributed by atoms with Gasteiger partial charge in [-0.2, -0.15) is 0 Å². The van der Waals surface area contributed by atoms with Gasteiger partial charge in [-0.25, -0.2) is 0 Å². The number of amides is 2. The summed E-state index contributed by atoms with van der Waals surface area (Å²) in [6.45, 7) is 0.259. The summed E-state index contributed by atoms with van der Waals surface area (Å²) in [5.41, 5.74) is 1.11. The number of benzene rings is 2. The van der Waals surface area contributed by atoms with Crippen molar-refractivity contribution in [1.82, 2.24) is 10.6 Å². The lowest BCUT2D eigenvalue weighted by Gasteiger charge is -2.61. The first-order valence-electron chi connectivity index (χ1n) is 16.4. The molecule has 6 nitrogen and oxygen atoms in total. The maximum absolute atomic E-state index is 12.7. The molecule has 3 N–H and O–H groups in total. The second-order valence-corrected chi connectivity index (χ2v) is 16.3. The summed E-state index contributed by atoms with van der Waals surface area (Å²) in [5.74, 6) is 2.68. The van der Waals surface area contributed by atoms with E-state index in [-0.39, 0.29) is 40.5 Å². The largest absolute Gasteiger partial charge is 0.396 e.